The predicted molar refractivity (Wildman–Crippen MR) is 94.9 cm³/mol. The van der Waals surface area contributed by atoms with Gasteiger partial charge in [0.05, 0.1) is 6.21 Å². The molecule has 0 amide bonds. The predicted octanol–water partition coefficient (Wildman–Crippen LogP) is 4.07. The Morgan fingerprint density at radius 2 is 1.74 bits per heavy atom. The van der Waals surface area contributed by atoms with E-state index in [4.69, 9.17) is 0 Å². The molecule has 2 aromatic carbocycles. The first kappa shape index (κ1) is 15.5. The van der Waals surface area contributed by atoms with E-state index in [9.17, 15) is 0 Å². The smallest absolute Gasteiger partial charge is 0.192 e. The summed E-state index contributed by atoms with van der Waals surface area (Å²) in [5, 5.41) is 13.7. The van der Waals surface area contributed by atoms with E-state index >= 15 is 0 Å². The zero-order valence-corrected chi connectivity index (χ0v) is 14.0. The molecule has 0 aliphatic rings. The number of aromatic nitrogens is 3. The summed E-state index contributed by atoms with van der Waals surface area (Å²) in [6.07, 6.45) is 1.86. The Hall–Kier alpha value is -2.40. The van der Waals surface area contributed by atoms with E-state index in [0.717, 1.165) is 22.3 Å². The standard InChI is InChI=1S/C18H18N4S/c1-14-8-6-7-11-17(14)12-19-22-15(2)20-21-18(22)23-13-16-9-4-3-5-10-16/h3-12H,13H2,1-2H3/b19-12-. The molecule has 0 aliphatic carbocycles. The molecule has 5 heteroatoms. The lowest BCUT2D eigenvalue weighted by Crippen LogP contribution is -1.97. The first-order valence-electron chi connectivity index (χ1n) is 7.43. The normalized spacial score (nSPS) is 11.2. The van der Waals surface area contributed by atoms with Gasteiger partial charge in [-0.05, 0) is 30.5 Å². The van der Waals surface area contributed by atoms with Crippen LogP contribution in [0.5, 0.6) is 0 Å². The lowest BCUT2D eigenvalue weighted by molar-refractivity contribution is 0.744. The van der Waals surface area contributed by atoms with Crippen molar-refractivity contribution in [3.05, 3.63) is 77.1 Å². The lowest BCUT2D eigenvalue weighted by Gasteiger charge is -2.03. The van der Waals surface area contributed by atoms with Crippen LogP contribution in [0, 0.1) is 13.8 Å². The SMILES string of the molecule is Cc1ccccc1/C=N\n1c(C)nnc1SCc1ccccc1. The van der Waals surface area contributed by atoms with Gasteiger partial charge in [-0.15, -0.1) is 10.2 Å². The highest BCUT2D eigenvalue weighted by atomic mass is 32.2. The minimum atomic E-state index is 0.783. The number of nitrogens with zero attached hydrogens (tertiary/aromatic N) is 4. The molecule has 116 valence electrons. The Labute approximate surface area is 140 Å². The quantitative estimate of drug-likeness (QED) is 0.525. The highest BCUT2D eigenvalue weighted by Crippen LogP contribution is 2.21. The van der Waals surface area contributed by atoms with Crippen molar-refractivity contribution in [1.29, 1.82) is 0 Å². The number of benzene rings is 2. The molecule has 0 spiro atoms. The molecule has 0 saturated carbocycles. The summed E-state index contributed by atoms with van der Waals surface area (Å²) in [6.45, 7) is 3.99. The summed E-state index contributed by atoms with van der Waals surface area (Å²) in [7, 11) is 0. The maximum Gasteiger partial charge on any atom is 0.212 e. The van der Waals surface area contributed by atoms with E-state index in [2.05, 4.69) is 46.5 Å². The Morgan fingerprint density at radius 1 is 1.00 bits per heavy atom. The van der Waals surface area contributed by atoms with Gasteiger partial charge in [-0.3, -0.25) is 0 Å². The van der Waals surface area contributed by atoms with Crippen LogP contribution in [0.15, 0.2) is 64.9 Å². The Balaban J connectivity index is 1.78. The van der Waals surface area contributed by atoms with Gasteiger partial charge >= 0.3 is 0 Å². The van der Waals surface area contributed by atoms with Crippen LogP contribution in [-0.2, 0) is 5.75 Å². The molecule has 1 heterocycles. The van der Waals surface area contributed by atoms with Gasteiger partial charge in [0.25, 0.3) is 0 Å². The number of rotatable bonds is 5. The molecule has 4 nitrogen and oxygen atoms in total. The van der Waals surface area contributed by atoms with E-state index in [0.29, 0.717) is 0 Å². The topological polar surface area (TPSA) is 43.1 Å². The maximum atomic E-state index is 4.55. The Kier molecular flexibility index (Phi) is 4.88. The molecular formula is C18H18N4S. The van der Waals surface area contributed by atoms with E-state index in [1.54, 1.807) is 16.4 Å². The monoisotopic (exact) mass is 322 g/mol. The van der Waals surface area contributed by atoms with Crippen LogP contribution in [0.4, 0.5) is 0 Å². The van der Waals surface area contributed by atoms with Crippen molar-refractivity contribution in [3.63, 3.8) is 0 Å². The third kappa shape index (κ3) is 3.87. The third-order valence-electron chi connectivity index (χ3n) is 3.48. The summed E-state index contributed by atoms with van der Waals surface area (Å²) in [5.41, 5.74) is 3.55. The molecule has 23 heavy (non-hydrogen) atoms. The van der Waals surface area contributed by atoms with Gasteiger partial charge in [0.15, 0.2) is 5.82 Å². The van der Waals surface area contributed by atoms with Crippen molar-refractivity contribution in [2.45, 2.75) is 24.8 Å². The molecule has 0 atom stereocenters. The number of hydrogen-bond acceptors (Lipinski definition) is 4. The Bertz CT molecular complexity index is 809. The van der Waals surface area contributed by atoms with Gasteiger partial charge in [-0.1, -0.05) is 66.4 Å². The molecule has 0 N–H and O–H groups in total. The van der Waals surface area contributed by atoms with E-state index in [1.807, 2.05) is 43.5 Å². The van der Waals surface area contributed by atoms with E-state index < -0.39 is 0 Å². The van der Waals surface area contributed by atoms with Crippen LogP contribution in [0.2, 0.25) is 0 Å². The van der Waals surface area contributed by atoms with Crippen LogP contribution >= 0.6 is 11.8 Å². The number of aryl methyl sites for hydroxylation is 2. The molecule has 3 aromatic rings. The van der Waals surface area contributed by atoms with Gasteiger partial charge in [-0.2, -0.15) is 9.78 Å². The number of hydrogen-bond donors (Lipinski definition) is 0. The zero-order chi connectivity index (χ0) is 16.1. The molecule has 0 unspecified atom stereocenters. The average Bonchev–Trinajstić information content (AvgIpc) is 2.93. The molecule has 3 rings (SSSR count). The van der Waals surface area contributed by atoms with Crippen LogP contribution < -0.4 is 0 Å². The summed E-state index contributed by atoms with van der Waals surface area (Å²) in [6, 6.07) is 18.5. The second-order valence-corrected chi connectivity index (χ2v) is 6.16. The first-order valence-corrected chi connectivity index (χ1v) is 8.41. The van der Waals surface area contributed by atoms with Gasteiger partial charge in [-0.25, -0.2) is 0 Å². The molecule has 0 bridgehead atoms. The van der Waals surface area contributed by atoms with Crippen molar-refractivity contribution in [1.82, 2.24) is 14.9 Å². The number of thioether (sulfide) groups is 1. The van der Waals surface area contributed by atoms with Crippen LogP contribution in [-0.4, -0.2) is 21.1 Å². The summed E-state index contributed by atoms with van der Waals surface area (Å²) in [4.78, 5) is 0. The van der Waals surface area contributed by atoms with Crippen LogP contribution in [0.3, 0.4) is 0 Å². The highest BCUT2D eigenvalue weighted by Gasteiger charge is 2.08. The molecule has 0 radical (unpaired) electrons. The van der Waals surface area contributed by atoms with Crippen molar-refractivity contribution in [3.8, 4) is 0 Å². The van der Waals surface area contributed by atoms with Crippen LogP contribution in [0.25, 0.3) is 0 Å². The van der Waals surface area contributed by atoms with Crippen molar-refractivity contribution >= 4 is 18.0 Å². The van der Waals surface area contributed by atoms with Gasteiger partial charge < -0.3 is 0 Å². The largest absolute Gasteiger partial charge is 0.212 e. The molecular weight excluding hydrogens is 304 g/mol. The third-order valence-corrected chi connectivity index (χ3v) is 4.47. The molecule has 0 saturated heterocycles. The fraction of sp³-hybridized carbons (Fsp3) is 0.167. The fourth-order valence-corrected chi connectivity index (χ4v) is 3.02. The molecule has 0 aliphatic heterocycles. The first-order chi connectivity index (χ1) is 11.2. The Morgan fingerprint density at radius 3 is 2.52 bits per heavy atom. The minimum absolute atomic E-state index is 0.783. The second-order valence-electron chi connectivity index (χ2n) is 5.22. The van der Waals surface area contributed by atoms with Crippen LogP contribution in [0.1, 0.15) is 22.5 Å². The van der Waals surface area contributed by atoms with Gasteiger partial charge in [0, 0.05) is 5.75 Å². The zero-order valence-electron chi connectivity index (χ0n) is 13.2. The van der Waals surface area contributed by atoms with Gasteiger partial charge in [0.2, 0.25) is 5.16 Å². The van der Waals surface area contributed by atoms with Crippen molar-refractivity contribution in [2.75, 3.05) is 0 Å². The summed E-state index contributed by atoms with van der Waals surface area (Å²) in [5.74, 6) is 1.63. The highest BCUT2D eigenvalue weighted by molar-refractivity contribution is 7.98. The second kappa shape index (κ2) is 7.24. The van der Waals surface area contributed by atoms with E-state index in [1.165, 1.54) is 11.1 Å². The molecule has 1 aromatic heterocycles. The summed E-state index contributed by atoms with van der Waals surface area (Å²) >= 11 is 1.64. The fourth-order valence-electron chi connectivity index (χ4n) is 2.13. The lowest BCUT2D eigenvalue weighted by atomic mass is 10.1. The maximum absolute atomic E-state index is 4.55. The van der Waals surface area contributed by atoms with Gasteiger partial charge in [0.1, 0.15) is 0 Å². The van der Waals surface area contributed by atoms with E-state index in [-0.39, 0.29) is 0 Å². The van der Waals surface area contributed by atoms with Crippen molar-refractivity contribution < 1.29 is 0 Å². The minimum Gasteiger partial charge on any atom is -0.192 e. The van der Waals surface area contributed by atoms with Crippen molar-refractivity contribution in [2.24, 2.45) is 5.10 Å². The molecule has 0 fully saturated rings. The average molecular weight is 322 g/mol. The summed E-state index contributed by atoms with van der Waals surface area (Å²) < 4.78 is 1.79.